The van der Waals surface area contributed by atoms with Crippen molar-refractivity contribution in [2.45, 2.75) is 52.0 Å². The zero-order valence-corrected chi connectivity index (χ0v) is 11.8. The molecular weight excluding hydrogens is 244 g/mol. The average Bonchev–Trinajstić information content (AvgIpc) is 2.89. The van der Waals surface area contributed by atoms with E-state index in [2.05, 4.69) is 12.2 Å². The summed E-state index contributed by atoms with van der Waals surface area (Å²) in [5, 5.41) is 3.41. The fourth-order valence-corrected chi connectivity index (χ4v) is 3.02. The van der Waals surface area contributed by atoms with Gasteiger partial charge in [-0.1, -0.05) is 19.8 Å². The van der Waals surface area contributed by atoms with Gasteiger partial charge >= 0.3 is 0 Å². The van der Waals surface area contributed by atoms with Gasteiger partial charge in [0.1, 0.15) is 11.6 Å². The van der Waals surface area contributed by atoms with Crippen LogP contribution < -0.4 is 5.32 Å². The van der Waals surface area contributed by atoms with E-state index in [-0.39, 0.29) is 17.7 Å². The monoisotopic (exact) mass is 267 g/mol. The van der Waals surface area contributed by atoms with Crippen LogP contribution in [0.2, 0.25) is 0 Å². The first kappa shape index (κ1) is 14.4. The number of aryl methyl sites for hydroxylation is 1. The van der Waals surface area contributed by atoms with Crippen molar-refractivity contribution in [2.75, 3.05) is 6.54 Å². The Morgan fingerprint density at radius 1 is 1.21 bits per heavy atom. The summed E-state index contributed by atoms with van der Waals surface area (Å²) in [6.07, 6.45) is 5.61. The number of rotatable bonds is 5. The van der Waals surface area contributed by atoms with Crippen LogP contribution in [-0.2, 0) is 0 Å². The van der Waals surface area contributed by atoms with Crippen LogP contribution in [0.5, 0.6) is 0 Å². The van der Waals surface area contributed by atoms with Gasteiger partial charge in [0.15, 0.2) is 0 Å². The van der Waals surface area contributed by atoms with Crippen molar-refractivity contribution in [3.63, 3.8) is 0 Å². The predicted molar refractivity (Wildman–Crippen MR) is 74.1 cm³/mol. The van der Waals surface area contributed by atoms with Crippen molar-refractivity contribution in [1.29, 1.82) is 0 Å². The van der Waals surface area contributed by atoms with Crippen LogP contribution >= 0.6 is 0 Å². The lowest BCUT2D eigenvalue weighted by Gasteiger charge is -2.26. The van der Waals surface area contributed by atoms with Gasteiger partial charge in [-0.05, 0) is 56.3 Å². The molecule has 3 heteroatoms. The first-order chi connectivity index (χ1) is 9.13. The first-order valence-corrected chi connectivity index (χ1v) is 7.32. The minimum atomic E-state index is -0.308. The fraction of sp³-hybridized carbons (Fsp3) is 0.625. The third-order valence-electron chi connectivity index (χ3n) is 4.10. The Morgan fingerprint density at radius 2 is 1.89 bits per heavy atom. The minimum Gasteiger partial charge on any atom is -0.310 e. The molecule has 0 radical (unpaired) electrons. The Morgan fingerprint density at radius 3 is 2.53 bits per heavy atom. The summed E-state index contributed by atoms with van der Waals surface area (Å²) in [5.74, 6) is -0.153. The molecule has 1 aromatic rings. The van der Waals surface area contributed by atoms with Gasteiger partial charge in [-0.15, -0.1) is 0 Å². The van der Waals surface area contributed by atoms with Crippen molar-refractivity contribution < 1.29 is 8.78 Å². The summed E-state index contributed by atoms with van der Waals surface area (Å²) in [6.45, 7) is 4.53. The lowest BCUT2D eigenvalue weighted by atomic mass is 9.90. The summed E-state index contributed by atoms with van der Waals surface area (Å²) in [7, 11) is 0. The highest BCUT2D eigenvalue weighted by Gasteiger charge is 2.28. The summed E-state index contributed by atoms with van der Waals surface area (Å²) in [5.41, 5.74) is 0.880. The van der Waals surface area contributed by atoms with E-state index in [0.717, 1.165) is 25.8 Å². The third-order valence-corrected chi connectivity index (χ3v) is 4.10. The maximum absolute atomic E-state index is 14.2. The maximum atomic E-state index is 14.2. The second-order valence-electron chi connectivity index (χ2n) is 5.60. The Hall–Kier alpha value is -0.960. The van der Waals surface area contributed by atoms with Crippen molar-refractivity contribution >= 4 is 0 Å². The SMILES string of the molecule is CCCNC(c1cc(F)c(C)cc1F)C1CCCC1. The molecule has 19 heavy (non-hydrogen) atoms. The topological polar surface area (TPSA) is 12.0 Å². The van der Waals surface area contributed by atoms with E-state index >= 15 is 0 Å². The highest BCUT2D eigenvalue weighted by molar-refractivity contribution is 5.28. The molecule has 1 aliphatic rings. The standard InChI is InChI=1S/C16H23F2N/c1-3-8-19-16(12-6-4-5-7-12)13-10-14(17)11(2)9-15(13)18/h9-10,12,16,19H,3-8H2,1-2H3. The smallest absolute Gasteiger partial charge is 0.128 e. The summed E-state index contributed by atoms with van der Waals surface area (Å²) in [6, 6.07) is 2.66. The predicted octanol–water partition coefficient (Wildman–Crippen LogP) is 4.50. The van der Waals surface area contributed by atoms with Crippen LogP contribution in [0.1, 0.15) is 56.2 Å². The molecule has 0 aromatic heterocycles. The van der Waals surface area contributed by atoms with E-state index in [9.17, 15) is 8.78 Å². The second kappa shape index (κ2) is 6.47. The van der Waals surface area contributed by atoms with Gasteiger partial charge in [-0.3, -0.25) is 0 Å². The Kier molecular flexibility index (Phi) is 4.92. The summed E-state index contributed by atoms with van der Waals surface area (Å²) >= 11 is 0. The number of benzene rings is 1. The average molecular weight is 267 g/mol. The largest absolute Gasteiger partial charge is 0.310 e. The maximum Gasteiger partial charge on any atom is 0.128 e. The van der Waals surface area contributed by atoms with E-state index in [1.54, 1.807) is 6.92 Å². The summed E-state index contributed by atoms with van der Waals surface area (Å²) < 4.78 is 27.9. The van der Waals surface area contributed by atoms with Crippen molar-refractivity contribution in [1.82, 2.24) is 5.32 Å². The van der Waals surface area contributed by atoms with Crippen LogP contribution in [0, 0.1) is 24.5 Å². The highest BCUT2D eigenvalue weighted by Crippen LogP contribution is 2.37. The number of hydrogen-bond donors (Lipinski definition) is 1. The van der Waals surface area contributed by atoms with Gasteiger partial charge in [-0.2, -0.15) is 0 Å². The van der Waals surface area contributed by atoms with E-state index in [1.807, 2.05) is 0 Å². The van der Waals surface area contributed by atoms with E-state index in [4.69, 9.17) is 0 Å². The van der Waals surface area contributed by atoms with Gasteiger partial charge in [-0.25, -0.2) is 8.78 Å². The van der Waals surface area contributed by atoms with Crippen LogP contribution in [0.4, 0.5) is 8.78 Å². The number of halogens is 2. The molecule has 1 N–H and O–H groups in total. The Balaban J connectivity index is 2.28. The van der Waals surface area contributed by atoms with Gasteiger partial charge in [0.25, 0.3) is 0 Å². The molecule has 0 amide bonds. The van der Waals surface area contributed by atoms with Crippen LogP contribution in [0.25, 0.3) is 0 Å². The molecule has 1 saturated carbocycles. The Labute approximate surface area is 114 Å². The van der Waals surface area contributed by atoms with E-state index < -0.39 is 0 Å². The quantitative estimate of drug-likeness (QED) is 0.828. The van der Waals surface area contributed by atoms with E-state index in [0.29, 0.717) is 17.0 Å². The first-order valence-electron chi connectivity index (χ1n) is 7.32. The van der Waals surface area contributed by atoms with Gasteiger partial charge in [0.2, 0.25) is 0 Å². The van der Waals surface area contributed by atoms with Gasteiger partial charge in [0, 0.05) is 11.6 Å². The van der Waals surface area contributed by atoms with Crippen molar-refractivity contribution in [3.05, 3.63) is 34.9 Å². The van der Waals surface area contributed by atoms with Crippen molar-refractivity contribution in [3.8, 4) is 0 Å². The molecule has 1 aromatic carbocycles. The molecule has 0 bridgehead atoms. The minimum absolute atomic E-state index is 0.0439. The molecule has 1 aliphatic carbocycles. The molecule has 1 unspecified atom stereocenters. The molecule has 1 atom stereocenters. The molecule has 0 saturated heterocycles. The molecule has 2 rings (SSSR count). The highest BCUT2D eigenvalue weighted by atomic mass is 19.1. The van der Waals surface area contributed by atoms with Crippen LogP contribution in [0.3, 0.4) is 0 Å². The lowest BCUT2D eigenvalue weighted by molar-refractivity contribution is 0.356. The molecule has 0 aliphatic heterocycles. The van der Waals surface area contributed by atoms with Crippen LogP contribution in [0.15, 0.2) is 12.1 Å². The van der Waals surface area contributed by atoms with E-state index in [1.165, 1.54) is 25.0 Å². The summed E-state index contributed by atoms with van der Waals surface area (Å²) in [4.78, 5) is 0. The molecule has 0 heterocycles. The molecule has 106 valence electrons. The normalized spacial score (nSPS) is 17.9. The zero-order valence-electron chi connectivity index (χ0n) is 11.8. The Bertz CT molecular complexity index is 425. The molecular formula is C16H23F2N. The van der Waals surface area contributed by atoms with Gasteiger partial charge < -0.3 is 5.32 Å². The third kappa shape index (κ3) is 3.33. The lowest BCUT2D eigenvalue weighted by Crippen LogP contribution is -2.29. The fourth-order valence-electron chi connectivity index (χ4n) is 3.02. The zero-order chi connectivity index (χ0) is 13.8. The number of nitrogens with one attached hydrogen (secondary N) is 1. The van der Waals surface area contributed by atoms with Crippen LogP contribution in [-0.4, -0.2) is 6.54 Å². The second-order valence-corrected chi connectivity index (χ2v) is 5.60. The number of hydrogen-bond acceptors (Lipinski definition) is 1. The molecule has 1 fully saturated rings. The molecule has 1 nitrogen and oxygen atoms in total. The van der Waals surface area contributed by atoms with Gasteiger partial charge in [0.05, 0.1) is 0 Å². The van der Waals surface area contributed by atoms with Crippen molar-refractivity contribution in [2.24, 2.45) is 5.92 Å². The molecule has 0 spiro atoms.